The average molecular weight is 434 g/mol. The normalized spacial score (nSPS) is 10.7. The van der Waals surface area contributed by atoms with Gasteiger partial charge in [-0.3, -0.25) is 14.6 Å². The molecule has 0 saturated heterocycles. The number of hydrogen-bond donors (Lipinski definition) is 3. The first-order chi connectivity index (χ1) is 16.2. The molecule has 5 aromatic rings. The van der Waals surface area contributed by atoms with E-state index in [1.54, 1.807) is 67.0 Å². The molecule has 0 aliphatic carbocycles. The van der Waals surface area contributed by atoms with Gasteiger partial charge in [-0.05, 0) is 48.5 Å². The van der Waals surface area contributed by atoms with Gasteiger partial charge in [0.2, 0.25) is 0 Å². The summed E-state index contributed by atoms with van der Waals surface area (Å²) in [5.41, 5.74) is 3.98. The number of imidazole rings is 1. The van der Waals surface area contributed by atoms with E-state index in [2.05, 4.69) is 30.6 Å². The Morgan fingerprint density at radius 1 is 0.788 bits per heavy atom. The number of aromatic nitrogens is 4. The lowest BCUT2D eigenvalue weighted by molar-refractivity contribution is 0.101. The Hall–Kier alpha value is -4.85. The second kappa shape index (κ2) is 8.72. The summed E-state index contributed by atoms with van der Waals surface area (Å²) in [7, 11) is 0. The smallest absolute Gasteiger partial charge is 0.257 e. The van der Waals surface area contributed by atoms with Crippen molar-refractivity contribution in [3.8, 4) is 11.4 Å². The van der Waals surface area contributed by atoms with Crippen molar-refractivity contribution in [2.24, 2.45) is 0 Å². The highest BCUT2D eigenvalue weighted by molar-refractivity contribution is 6.05. The Bertz CT molecular complexity index is 1430. The van der Waals surface area contributed by atoms with Crippen molar-refractivity contribution >= 4 is 34.4 Å². The van der Waals surface area contributed by atoms with Gasteiger partial charge < -0.3 is 15.6 Å². The fourth-order valence-electron chi connectivity index (χ4n) is 3.30. The number of H-pyrrole nitrogens is 1. The molecule has 3 N–H and O–H groups in total. The van der Waals surface area contributed by atoms with Gasteiger partial charge in [0.05, 0.1) is 22.8 Å². The third-order valence-corrected chi connectivity index (χ3v) is 4.98. The number of nitrogens with one attached hydrogen (secondary N) is 3. The molecule has 3 aromatic heterocycles. The summed E-state index contributed by atoms with van der Waals surface area (Å²) in [5.74, 6) is 0.615. The van der Waals surface area contributed by atoms with Crippen molar-refractivity contribution in [2.45, 2.75) is 0 Å². The van der Waals surface area contributed by atoms with Crippen LogP contribution < -0.4 is 10.6 Å². The molecule has 0 atom stereocenters. The number of carbonyl (C=O) groups is 2. The number of benzene rings is 2. The van der Waals surface area contributed by atoms with E-state index in [1.807, 2.05) is 18.2 Å². The predicted molar refractivity (Wildman–Crippen MR) is 126 cm³/mol. The number of hydrogen-bond acceptors (Lipinski definition) is 5. The second-order valence-electron chi connectivity index (χ2n) is 7.27. The molecule has 0 fully saturated rings. The highest BCUT2D eigenvalue weighted by atomic mass is 16.2. The van der Waals surface area contributed by atoms with E-state index in [0.717, 1.165) is 11.1 Å². The Morgan fingerprint density at radius 3 is 2.30 bits per heavy atom. The largest absolute Gasteiger partial charge is 0.337 e. The van der Waals surface area contributed by atoms with E-state index in [9.17, 15) is 9.59 Å². The third kappa shape index (κ3) is 4.45. The fraction of sp³-hybridized carbons (Fsp3) is 0. The van der Waals surface area contributed by atoms with Gasteiger partial charge in [0.25, 0.3) is 11.8 Å². The van der Waals surface area contributed by atoms with Gasteiger partial charge in [-0.25, -0.2) is 9.97 Å². The van der Waals surface area contributed by atoms with Crippen LogP contribution in [0.1, 0.15) is 20.7 Å². The number of rotatable bonds is 5. The lowest BCUT2D eigenvalue weighted by atomic mass is 10.2. The molecule has 2 amide bonds. The zero-order valence-electron chi connectivity index (χ0n) is 17.3. The number of pyridine rings is 2. The first-order valence-corrected chi connectivity index (χ1v) is 10.2. The number of amides is 2. The number of aromatic amines is 1. The Morgan fingerprint density at radius 2 is 1.55 bits per heavy atom. The van der Waals surface area contributed by atoms with Crippen molar-refractivity contribution in [1.82, 2.24) is 19.9 Å². The topological polar surface area (TPSA) is 113 Å². The first kappa shape index (κ1) is 20.1. The van der Waals surface area contributed by atoms with Crippen LogP contribution in [0.4, 0.5) is 11.5 Å². The molecule has 0 aliphatic heterocycles. The molecule has 0 spiro atoms. The van der Waals surface area contributed by atoms with Crippen LogP contribution in [-0.4, -0.2) is 31.8 Å². The van der Waals surface area contributed by atoms with E-state index in [0.29, 0.717) is 34.0 Å². The number of carbonyl (C=O) groups excluding carboxylic acids is 2. The lowest BCUT2D eigenvalue weighted by Crippen LogP contribution is -2.12. The summed E-state index contributed by atoms with van der Waals surface area (Å²) in [6.07, 6.45) is 4.77. The summed E-state index contributed by atoms with van der Waals surface area (Å²) in [4.78, 5) is 40.7. The summed E-state index contributed by atoms with van der Waals surface area (Å²) in [6.45, 7) is 0. The van der Waals surface area contributed by atoms with Crippen molar-refractivity contribution in [2.75, 3.05) is 10.6 Å². The molecule has 8 heteroatoms. The van der Waals surface area contributed by atoms with Crippen LogP contribution in [0.25, 0.3) is 22.4 Å². The minimum Gasteiger partial charge on any atom is -0.337 e. The van der Waals surface area contributed by atoms with E-state index in [-0.39, 0.29) is 11.8 Å². The molecule has 8 nitrogen and oxygen atoms in total. The molecule has 2 aromatic carbocycles. The molecule has 160 valence electrons. The zero-order valence-corrected chi connectivity index (χ0v) is 17.3. The van der Waals surface area contributed by atoms with Crippen LogP contribution in [-0.2, 0) is 0 Å². The quantitative estimate of drug-likeness (QED) is 0.376. The van der Waals surface area contributed by atoms with Crippen molar-refractivity contribution in [3.05, 3.63) is 103 Å². The molecule has 0 radical (unpaired) electrons. The molecular formula is C25H18N6O2. The van der Waals surface area contributed by atoms with E-state index >= 15 is 0 Å². The fourth-order valence-corrected chi connectivity index (χ4v) is 3.30. The monoisotopic (exact) mass is 434 g/mol. The van der Waals surface area contributed by atoms with Crippen molar-refractivity contribution in [3.63, 3.8) is 0 Å². The van der Waals surface area contributed by atoms with Gasteiger partial charge in [-0.2, -0.15) is 0 Å². The Labute approximate surface area is 188 Å². The third-order valence-electron chi connectivity index (χ3n) is 4.98. The second-order valence-corrected chi connectivity index (χ2v) is 7.27. The van der Waals surface area contributed by atoms with Gasteiger partial charge in [0.1, 0.15) is 11.6 Å². The number of fused-ring (bicyclic) bond motifs is 1. The van der Waals surface area contributed by atoms with E-state index < -0.39 is 0 Å². The highest BCUT2D eigenvalue weighted by Gasteiger charge is 2.11. The van der Waals surface area contributed by atoms with Crippen LogP contribution in [0, 0.1) is 0 Å². The van der Waals surface area contributed by atoms with Gasteiger partial charge in [-0.15, -0.1) is 0 Å². The predicted octanol–water partition coefficient (Wildman–Crippen LogP) is 4.52. The maximum Gasteiger partial charge on any atom is 0.257 e. The lowest BCUT2D eigenvalue weighted by Gasteiger charge is -2.05. The van der Waals surface area contributed by atoms with Gasteiger partial charge in [0.15, 0.2) is 0 Å². The minimum absolute atomic E-state index is 0.226. The summed E-state index contributed by atoms with van der Waals surface area (Å²) < 4.78 is 0. The van der Waals surface area contributed by atoms with Gasteiger partial charge >= 0.3 is 0 Å². The first-order valence-electron chi connectivity index (χ1n) is 10.2. The Balaban J connectivity index is 1.31. The van der Waals surface area contributed by atoms with Crippen LogP contribution >= 0.6 is 0 Å². The average Bonchev–Trinajstić information content (AvgIpc) is 3.29. The number of anilines is 2. The summed E-state index contributed by atoms with van der Waals surface area (Å²) >= 11 is 0. The standard InChI is InChI=1S/C25H18N6O2/c32-24(17-5-2-1-3-6-17)31-22-13-20-21(15-27-22)30-23(29-20)16-8-10-19(11-9-16)28-25(33)18-7-4-12-26-14-18/h1-15H,(H,28,33)(H,29,30)(H,27,31,32). The van der Waals surface area contributed by atoms with Gasteiger partial charge in [0, 0.05) is 35.3 Å². The number of nitrogens with zero attached hydrogens (tertiary/aromatic N) is 3. The zero-order chi connectivity index (χ0) is 22.6. The van der Waals surface area contributed by atoms with Gasteiger partial charge in [-0.1, -0.05) is 18.2 Å². The van der Waals surface area contributed by atoms with Crippen LogP contribution in [0.3, 0.4) is 0 Å². The molecular weight excluding hydrogens is 416 g/mol. The molecule has 0 bridgehead atoms. The maximum absolute atomic E-state index is 12.4. The van der Waals surface area contributed by atoms with Crippen LogP contribution in [0.5, 0.6) is 0 Å². The molecule has 33 heavy (non-hydrogen) atoms. The Kier molecular flexibility index (Phi) is 5.30. The SMILES string of the molecule is O=C(Nc1ccc(-c2nc3cc(NC(=O)c4ccccc4)ncc3[nH]2)cc1)c1cccnc1. The molecule has 5 rings (SSSR count). The van der Waals surface area contributed by atoms with Crippen LogP contribution in [0.2, 0.25) is 0 Å². The molecule has 3 heterocycles. The highest BCUT2D eigenvalue weighted by Crippen LogP contribution is 2.23. The minimum atomic E-state index is -0.234. The molecule has 0 unspecified atom stereocenters. The summed E-state index contributed by atoms with van der Waals surface area (Å²) in [5, 5.41) is 5.63. The van der Waals surface area contributed by atoms with Crippen molar-refractivity contribution in [1.29, 1.82) is 0 Å². The maximum atomic E-state index is 12.4. The molecule has 0 saturated carbocycles. The van der Waals surface area contributed by atoms with E-state index in [4.69, 9.17) is 0 Å². The van der Waals surface area contributed by atoms with E-state index in [1.165, 1.54) is 6.20 Å². The molecule has 0 aliphatic rings. The summed E-state index contributed by atoms with van der Waals surface area (Å²) in [6, 6.07) is 21.4. The van der Waals surface area contributed by atoms with Crippen molar-refractivity contribution < 1.29 is 9.59 Å². The van der Waals surface area contributed by atoms with Crippen LogP contribution in [0.15, 0.2) is 91.4 Å².